The van der Waals surface area contributed by atoms with Crippen molar-refractivity contribution in [2.75, 3.05) is 0 Å². The van der Waals surface area contributed by atoms with Gasteiger partial charge in [0.15, 0.2) is 0 Å². The number of carbonyl (C=O) groups is 1. The summed E-state index contributed by atoms with van der Waals surface area (Å²) in [5, 5.41) is 0. The molecule has 0 saturated carbocycles. The molecule has 0 fully saturated rings. The minimum absolute atomic E-state index is 0.00444. The summed E-state index contributed by atoms with van der Waals surface area (Å²) in [6.45, 7) is 3.68. The van der Waals surface area contributed by atoms with E-state index in [0.717, 1.165) is 0 Å². The number of carbonyl (C=O) groups excluding carboxylic acids is 1. The van der Waals surface area contributed by atoms with Crippen LogP contribution >= 0.6 is 0 Å². The van der Waals surface area contributed by atoms with Crippen molar-refractivity contribution in [1.29, 1.82) is 0 Å². The molecule has 1 heterocycles. The number of nitrogens with two attached hydrogens (primary N) is 1. The van der Waals surface area contributed by atoms with Crippen LogP contribution in [0.15, 0.2) is 11.1 Å². The van der Waals surface area contributed by atoms with Crippen LogP contribution in [-0.4, -0.2) is 15.9 Å². The molecule has 0 saturated heterocycles. The summed E-state index contributed by atoms with van der Waals surface area (Å²) in [5.41, 5.74) is 4.97. The van der Waals surface area contributed by atoms with Gasteiger partial charge in [-0.05, 0) is 5.92 Å². The number of aromatic amines is 1. The molecule has 0 aliphatic carbocycles. The van der Waals surface area contributed by atoms with Crippen molar-refractivity contribution in [3.8, 4) is 0 Å². The molecule has 5 heteroatoms. The van der Waals surface area contributed by atoms with E-state index in [1.54, 1.807) is 0 Å². The normalized spacial score (nSPS) is 10.4. The Kier molecular flexibility index (Phi) is 2.46. The first kappa shape index (κ1) is 9.44. The highest BCUT2D eigenvalue weighted by Gasteiger charge is 2.16. The van der Waals surface area contributed by atoms with E-state index in [0.29, 0.717) is 5.69 Å². The number of nitrogens with zero attached hydrogens (tertiary/aromatic N) is 1. The van der Waals surface area contributed by atoms with E-state index in [9.17, 15) is 9.59 Å². The molecule has 0 aliphatic heterocycles. The number of primary amides is 1. The van der Waals surface area contributed by atoms with Gasteiger partial charge in [0.2, 0.25) is 0 Å². The van der Waals surface area contributed by atoms with Gasteiger partial charge in [-0.3, -0.25) is 9.59 Å². The monoisotopic (exact) mass is 181 g/mol. The zero-order valence-electron chi connectivity index (χ0n) is 7.50. The standard InChI is InChI=1S/C8H11N3O2/c1-4(2)6-5(7(9)12)8(13)11-3-10-6/h3-4H,1-2H3,(H2,9,12)(H,10,11,13). The van der Waals surface area contributed by atoms with E-state index >= 15 is 0 Å². The fraction of sp³-hybridized carbons (Fsp3) is 0.375. The van der Waals surface area contributed by atoms with Gasteiger partial charge in [0.1, 0.15) is 5.56 Å². The van der Waals surface area contributed by atoms with E-state index < -0.39 is 11.5 Å². The van der Waals surface area contributed by atoms with Gasteiger partial charge in [-0.1, -0.05) is 13.8 Å². The van der Waals surface area contributed by atoms with E-state index in [-0.39, 0.29) is 11.5 Å². The third kappa shape index (κ3) is 1.74. The van der Waals surface area contributed by atoms with Crippen molar-refractivity contribution in [3.63, 3.8) is 0 Å². The highest BCUT2D eigenvalue weighted by Crippen LogP contribution is 2.11. The van der Waals surface area contributed by atoms with E-state index in [1.165, 1.54) is 6.33 Å². The molecule has 1 rings (SSSR count). The van der Waals surface area contributed by atoms with Gasteiger partial charge >= 0.3 is 0 Å². The van der Waals surface area contributed by atoms with Gasteiger partial charge in [0.25, 0.3) is 11.5 Å². The molecule has 0 spiro atoms. The lowest BCUT2D eigenvalue weighted by molar-refractivity contribution is 0.0997. The first-order valence-electron chi connectivity index (χ1n) is 3.91. The SMILES string of the molecule is CC(C)c1nc[nH]c(=O)c1C(N)=O. The predicted molar refractivity (Wildman–Crippen MR) is 47.5 cm³/mol. The van der Waals surface area contributed by atoms with Gasteiger partial charge in [-0.25, -0.2) is 4.98 Å². The van der Waals surface area contributed by atoms with Crippen LogP contribution in [0.3, 0.4) is 0 Å². The second-order valence-electron chi connectivity index (χ2n) is 3.01. The molecule has 0 radical (unpaired) electrons. The van der Waals surface area contributed by atoms with Crippen molar-refractivity contribution in [1.82, 2.24) is 9.97 Å². The van der Waals surface area contributed by atoms with Gasteiger partial charge in [-0.2, -0.15) is 0 Å². The molecule has 5 nitrogen and oxygen atoms in total. The Hall–Kier alpha value is -1.65. The summed E-state index contributed by atoms with van der Waals surface area (Å²) in [7, 11) is 0. The number of amides is 1. The second-order valence-corrected chi connectivity index (χ2v) is 3.01. The van der Waals surface area contributed by atoms with E-state index in [4.69, 9.17) is 5.73 Å². The molecule has 0 bridgehead atoms. The maximum atomic E-state index is 11.2. The van der Waals surface area contributed by atoms with E-state index in [2.05, 4.69) is 9.97 Å². The van der Waals surface area contributed by atoms with Crippen LogP contribution < -0.4 is 11.3 Å². The highest BCUT2D eigenvalue weighted by atomic mass is 16.2. The Labute approximate surface area is 75.0 Å². The maximum absolute atomic E-state index is 11.2. The van der Waals surface area contributed by atoms with Crippen LogP contribution in [0, 0.1) is 0 Å². The van der Waals surface area contributed by atoms with Crippen molar-refractivity contribution in [2.24, 2.45) is 5.73 Å². The number of H-pyrrole nitrogens is 1. The number of nitrogens with one attached hydrogen (secondary N) is 1. The average Bonchev–Trinajstić information content (AvgIpc) is 2.02. The summed E-state index contributed by atoms with van der Waals surface area (Å²) in [6, 6.07) is 0. The number of aromatic nitrogens is 2. The number of rotatable bonds is 2. The average molecular weight is 181 g/mol. The first-order valence-corrected chi connectivity index (χ1v) is 3.91. The topological polar surface area (TPSA) is 88.8 Å². The number of hydrogen-bond acceptors (Lipinski definition) is 3. The summed E-state index contributed by atoms with van der Waals surface area (Å²) in [4.78, 5) is 28.3. The Morgan fingerprint density at radius 2 is 2.23 bits per heavy atom. The third-order valence-corrected chi connectivity index (χ3v) is 1.68. The fourth-order valence-corrected chi connectivity index (χ4v) is 1.09. The van der Waals surface area contributed by atoms with Crippen molar-refractivity contribution in [3.05, 3.63) is 27.9 Å². The minimum Gasteiger partial charge on any atom is -0.365 e. The highest BCUT2D eigenvalue weighted by molar-refractivity contribution is 5.93. The Morgan fingerprint density at radius 1 is 1.62 bits per heavy atom. The number of hydrogen-bond donors (Lipinski definition) is 2. The Morgan fingerprint density at radius 3 is 2.62 bits per heavy atom. The van der Waals surface area contributed by atoms with Gasteiger partial charge in [0.05, 0.1) is 12.0 Å². The van der Waals surface area contributed by atoms with Crippen LogP contribution in [0.1, 0.15) is 35.8 Å². The molecule has 3 N–H and O–H groups in total. The summed E-state index contributed by atoms with van der Waals surface area (Å²) in [6.07, 6.45) is 1.27. The van der Waals surface area contributed by atoms with Gasteiger partial charge < -0.3 is 10.7 Å². The minimum atomic E-state index is -0.738. The van der Waals surface area contributed by atoms with Gasteiger partial charge in [-0.15, -0.1) is 0 Å². The molecule has 1 aromatic rings. The molecule has 0 atom stereocenters. The molecule has 1 aromatic heterocycles. The summed E-state index contributed by atoms with van der Waals surface area (Å²) in [5.74, 6) is -0.733. The largest absolute Gasteiger partial charge is 0.365 e. The van der Waals surface area contributed by atoms with Crippen molar-refractivity contribution in [2.45, 2.75) is 19.8 Å². The Balaban J connectivity index is 3.43. The molecule has 0 unspecified atom stereocenters. The quantitative estimate of drug-likeness (QED) is 0.672. The third-order valence-electron chi connectivity index (χ3n) is 1.68. The van der Waals surface area contributed by atoms with Crippen molar-refractivity contribution < 1.29 is 4.79 Å². The predicted octanol–water partition coefficient (Wildman–Crippen LogP) is -0.00780. The molecule has 70 valence electrons. The lowest BCUT2D eigenvalue weighted by atomic mass is 10.1. The Bertz CT molecular complexity index is 381. The maximum Gasteiger partial charge on any atom is 0.263 e. The molecule has 0 aliphatic rings. The molecule has 1 amide bonds. The fourth-order valence-electron chi connectivity index (χ4n) is 1.09. The zero-order chi connectivity index (χ0) is 10.0. The van der Waals surface area contributed by atoms with E-state index in [1.807, 2.05) is 13.8 Å². The lowest BCUT2D eigenvalue weighted by Crippen LogP contribution is -2.27. The van der Waals surface area contributed by atoms with Gasteiger partial charge in [0, 0.05) is 0 Å². The smallest absolute Gasteiger partial charge is 0.263 e. The zero-order valence-corrected chi connectivity index (χ0v) is 7.50. The molecular weight excluding hydrogens is 170 g/mol. The molecule has 0 aromatic carbocycles. The van der Waals surface area contributed by atoms with Crippen LogP contribution in [0.4, 0.5) is 0 Å². The molecular formula is C8H11N3O2. The first-order chi connectivity index (χ1) is 6.04. The van der Waals surface area contributed by atoms with Crippen LogP contribution in [0.25, 0.3) is 0 Å². The van der Waals surface area contributed by atoms with Crippen LogP contribution in [-0.2, 0) is 0 Å². The molecule has 13 heavy (non-hydrogen) atoms. The lowest BCUT2D eigenvalue weighted by Gasteiger charge is -2.06. The summed E-state index contributed by atoms with van der Waals surface area (Å²) >= 11 is 0. The van der Waals surface area contributed by atoms with Crippen LogP contribution in [0.5, 0.6) is 0 Å². The second kappa shape index (κ2) is 3.38. The van der Waals surface area contributed by atoms with Crippen molar-refractivity contribution >= 4 is 5.91 Å². The van der Waals surface area contributed by atoms with Crippen LogP contribution in [0.2, 0.25) is 0 Å². The summed E-state index contributed by atoms with van der Waals surface area (Å²) < 4.78 is 0.